The molecule has 0 radical (unpaired) electrons. The molecule has 0 bridgehead atoms. The van der Waals surface area contributed by atoms with Crippen molar-refractivity contribution < 1.29 is 19.0 Å². The molecular weight excluding hydrogens is 332 g/mol. The largest absolute Gasteiger partial charge is 0.475 e. The number of nitrogens with one attached hydrogen (secondary N) is 1. The number of anilines is 1. The third kappa shape index (κ3) is 7.30. The van der Waals surface area contributed by atoms with Gasteiger partial charge in [-0.25, -0.2) is 4.98 Å². The van der Waals surface area contributed by atoms with Gasteiger partial charge in [-0.2, -0.15) is 0 Å². The van der Waals surface area contributed by atoms with E-state index in [-0.39, 0.29) is 5.91 Å². The molecule has 26 heavy (non-hydrogen) atoms. The van der Waals surface area contributed by atoms with Crippen LogP contribution in [-0.4, -0.2) is 42.9 Å². The van der Waals surface area contributed by atoms with E-state index in [1.807, 2.05) is 33.8 Å². The first-order valence-electron chi connectivity index (χ1n) is 9.60. The van der Waals surface area contributed by atoms with Gasteiger partial charge < -0.3 is 19.5 Å². The molecule has 1 rings (SSSR count). The van der Waals surface area contributed by atoms with Crippen LogP contribution in [-0.2, 0) is 14.3 Å². The molecule has 0 unspecified atom stereocenters. The highest BCUT2D eigenvalue weighted by molar-refractivity contribution is 5.97. The maximum absolute atomic E-state index is 12.8. The zero-order valence-corrected chi connectivity index (χ0v) is 16.9. The van der Waals surface area contributed by atoms with Crippen LogP contribution in [0.2, 0.25) is 0 Å². The fourth-order valence-corrected chi connectivity index (χ4v) is 2.64. The number of hydrogen-bond donors (Lipinski definition) is 1. The van der Waals surface area contributed by atoms with Crippen LogP contribution in [0, 0.1) is 6.92 Å². The Morgan fingerprint density at radius 1 is 1.15 bits per heavy atom. The van der Waals surface area contributed by atoms with Crippen molar-refractivity contribution in [3.63, 3.8) is 0 Å². The zero-order chi connectivity index (χ0) is 19.4. The smallest absolute Gasteiger partial charge is 0.256 e. The fourth-order valence-electron chi connectivity index (χ4n) is 2.64. The molecule has 0 aromatic carbocycles. The summed E-state index contributed by atoms with van der Waals surface area (Å²) in [6.07, 6.45) is 3.86. The Labute approximate surface area is 157 Å². The molecule has 0 aliphatic heterocycles. The Morgan fingerprint density at radius 2 is 1.92 bits per heavy atom. The average molecular weight is 367 g/mol. The van der Waals surface area contributed by atoms with Crippen LogP contribution >= 0.6 is 0 Å². The second kappa shape index (κ2) is 11.9. The summed E-state index contributed by atoms with van der Waals surface area (Å²) in [7, 11) is 0. The van der Waals surface area contributed by atoms with Gasteiger partial charge in [0, 0.05) is 19.3 Å². The summed E-state index contributed by atoms with van der Waals surface area (Å²) in [6, 6.07) is 3.57. The first kappa shape index (κ1) is 22.4. The molecule has 0 aliphatic carbocycles. The lowest BCUT2D eigenvalue weighted by Crippen LogP contribution is -2.43. The van der Waals surface area contributed by atoms with Crippen molar-refractivity contribution >= 4 is 11.6 Å². The summed E-state index contributed by atoms with van der Waals surface area (Å²) in [6.45, 7) is 11.8. The van der Waals surface area contributed by atoms with Gasteiger partial charge in [0.2, 0.25) is 5.88 Å². The van der Waals surface area contributed by atoms with Crippen LogP contribution in [0.25, 0.3) is 0 Å². The minimum Gasteiger partial charge on any atom is -0.475 e. The number of carbonyl (C=O) groups excluding carboxylic acids is 1. The summed E-state index contributed by atoms with van der Waals surface area (Å²) in [4.78, 5) is 17.2. The molecule has 1 amide bonds. The van der Waals surface area contributed by atoms with Crippen molar-refractivity contribution in [1.29, 1.82) is 0 Å². The highest BCUT2D eigenvalue weighted by Crippen LogP contribution is 2.24. The molecule has 6 nitrogen and oxygen atoms in total. The normalized spacial score (nSPS) is 13.3. The van der Waals surface area contributed by atoms with Gasteiger partial charge in [-0.05, 0) is 40.2 Å². The standard InChI is InChI=1S/C20H34N2O4/c1-6-9-10-13-20(5,26-8-3)19(23)22-17-11-12-18(21-16(17)4)25-15-14-24-7-2/h11-12H,6-10,13-15H2,1-5H3,(H,22,23)/t20-/m0/s1. The summed E-state index contributed by atoms with van der Waals surface area (Å²) in [5.41, 5.74) is 0.552. The Bertz CT molecular complexity index is 551. The molecule has 148 valence electrons. The quantitative estimate of drug-likeness (QED) is 0.532. The van der Waals surface area contributed by atoms with Gasteiger partial charge in [-0.1, -0.05) is 26.2 Å². The van der Waals surface area contributed by atoms with E-state index in [1.54, 1.807) is 6.07 Å². The number of carbonyl (C=O) groups is 1. The number of aryl methyl sites for hydroxylation is 1. The van der Waals surface area contributed by atoms with E-state index in [0.29, 0.717) is 50.1 Å². The van der Waals surface area contributed by atoms with Crippen LogP contribution < -0.4 is 10.1 Å². The lowest BCUT2D eigenvalue weighted by Gasteiger charge is -2.28. The van der Waals surface area contributed by atoms with Gasteiger partial charge in [-0.3, -0.25) is 4.79 Å². The van der Waals surface area contributed by atoms with Gasteiger partial charge in [0.1, 0.15) is 12.2 Å². The summed E-state index contributed by atoms with van der Waals surface area (Å²) in [5.74, 6) is 0.390. The van der Waals surface area contributed by atoms with E-state index in [1.165, 1.54) is 0 Å². The Morgan fingerprint density at radius 3 is 2.54 bits per heavy atom. The van der Waals surface area contributed by atoms with Crippen LogP contribution in [0.3, 0.4) is 0 Å². The molecule has 0 spiro atoms. The average Bonchev–Trinajstić information content (AvgIpc) is 2.61. The van der Waals surface area contributed by atoms with Crippen molar-refractivity contribution in [3.05, 3.63) is 17.8 Å². The lowest BCUT2D eigenvalue weighted by molar-refractivity contribution is -0.139. The third-order valence-corrected chi connectivity index (χ3v) is 4.19. The Balaban J connectivity index is 2.71. The number of unbranched alkanes of at least 4 members (excludes halogenated alkanes) is 2. The molecule has 0 fully saturated rings. The third-order valence-electron chi connectivity index (χ3n) is 4.19. The Hall–Kier alpha value is -1.66. The van der Waals surface area contributed by atoms with Gasteiger partial charge in [0.15, 0.2) is 0 Å². The molecule has 1 N–H and O–H groups in total. The number of ether oxygens (including phenoxy) is 3. The van der Waals surface area contributed by atoms with E-state index in [9.17, 15) is 4.79 Å². The topological polar surface area (TPSA) is 69.7 Å². The minimum absolute atomic E-state index is 0.134. The number of aromatic nitrogens is 1. The van der Waals surface area contributed by atoms with Crippen LogP contribution in [0.4, 0.5) is 5.69 Å². The monoisotopic (exact) mass is 366 g/mol. The Kier molecular flexibility index (Phi) is 10.2. The van der Waals surface area contributed by atoms with Crippen LogP contribution in [0.1, 0.15) is 59.1 Å². The molecule has 0 saturated heterocycles. The fraction of sp³-hybridized carbons (Fsp3) is 0.700. The molecule has 1 aromatic heterocycles. The van der Waals surface area contributed by atoms with E-state index in [0.717, 1.165) is 19.3 Å². The summed E-state index contributed by atoms with van der Waals surface area (Å²) < 4.78 is 16.6. The SMILES string of the molecule is CCCCC[C@](C)(OCC)C(=O)Nc1ccc(OCCOCC)nc1C. The second-order valence-electron chi connectivity index (χ2n) is 6.40. The number of pyridine rings is 1. The van der Waals surface area contributed by atoms with Crippen molar-refractivity contribution in [2.24, 2.45) is 0 Å². The first-order chi connectivity index (χ1) is 12.5. The van der Waals surface area contributed by atoms with Crippen molar-refractivity contribution in [2.75, 3.05) is 31.7 Å². The van der Waals surface area contributed by atoms with Crippen molar-refractivity contribution in [1.82, 2.24) is 4.98 Å². The first-order valence-corrected chi connectivity index (χ1v) is 9.60. The van der Waals surface area contributed by atoms with Crippen molar-refractivity contribution in [2.45, 2.75) is 65.9 Å². The predicted octanol–water partition coefficient (Wildman–Crippen LogP) is 4.12. The molecule has 1 atom stereocenters. The van der Waals surface area contributed by atoms with Gasteiger partial charge in [-0.15, -0.1) is 0 Å². The number of rotatable bonds is 13. The number of amides is 1. The highest BCUT2D eigenvalue weighted by atomic mass is 16.5. The predicted molar refractivity (Wildman–Crippen MR) is 104 cm³/mol. The summed E-state index contributed by atoms with van der Waals surface area (Å²) in [5, 5.41) is 2.96. The van der Waals surface area contributed by atoms with E-state index >= 15 is 0 Å². The number of nitrogens with zero attached hydrogens (tertiary/aromatic N) is 1. The van der Waals surface area contributed by atoms with E-state index in [4.69, 9.17) is 14.2 Å². The molecule has 6 heteroatoms. The molecular formula is C20H34N2O4. The lowest BCUT2D eigenvalue weighted by atomic mass is 9.96. The van der Waals surface area contributed by atoms with E-state index < -0.39 is 5.60 Å². The highest BCUT2D eigenvalue weighted by Gasteiger charge is 2.33. The molecule has 0 saturated carbocycles. The zero-order valence-electron chi connectivity index (χ0n) is 16.9. The van der Waals surface area contributed by atoms with Crippen molar-refractivity contribution in [3.8, 4) is 5.88 Å². The maximum Gasteiger partial charge on any atom is 0.256 e. The number of hydrogen-bond acceptors (Lipinski definition) is 5. The summed E-state index contributed by atoms with van der Waals surface area (Å²) >= 11 is 0. The second-order valence-corrected chi connectivity index (χ2v) is 6.40. The van der Waals surface area contributed by atoms with Crippen LogP contribution in [0.15, 0.2) is 12.1 Å². The minimum atomic E-state index is -0.830. The van der Waals surface area contributed by atoms with Gasteiger partial charge in [0.25, 0.3) is 5.91 Å². The molecule has 1 aromatic rings. The van der Waals surface area contributed by atoms with Gasteiger partial charge in [0.05, 0.1) is 18.0 Å². The molecule has 0 aliphatic rings. The molecule has 1 heterocycles. The van der Waals surface area contributed by atoms with Crippen LogP contribution in [0.5, 0.6) is 5.88 Å². The maximum atomic E-state index is 12.8. The van der Waals surface area contributed by atoms with Gasteiger partial charge >= 0.3 is 0 Å². The van der Waals surface area contributed by atoms with E-state index in [2.05, 4.69) is 17.2 Å².